The van der Waals surface area contributed by atoms with Crippen LogP contribution in [0.1, 0.15) is 47.2 Å². The van der Waals surface area contributed by atoms with Crippen LogP contribution in [-0.2, 0) is 22.7 Å². The summed E-state index contributed by atoms with van der Waals surface area (Å²) in [6, 6.07) is 6.19. The summed E-state index contributed by atoms with van der Waals surface area (Å²) < 4.78 is 0. The van der Waals surface area contributed by atoms with E-state index in [-0.39, 0.29) is 24.1 Å². The maximum absolute atomic E-state index is 13.3. The van der Waals surface area contributed by atoms with E-state index in [1.54, 1.807) is 4.90 Å². The summed E-state index contributed by atoms with van der Waals surface area (Å²) in [5.74, 6) is -0.684. The van der Waals surface area contributed by atoms with Crippen molar-refractivity contribution in [2.24, 2.45) is 0 Å². The maximum Gasteiger partial charge on any atom is 0.255 e. The molecule has 4 heterocycles. The normalized spacial score (nSPS) is 26.3. The molecule has 2 N–H and O–H groups in total. The Kier molecular flexibility index (Phi) is 5.77. The van der Waals surface area contributed by atoms with E-state index < -0.39 is 6.04 Å². The number of piperazine rings is 1. The Morgan fingerprint density at radius 3 is 2.48 bits per heavy atom. The zero-order chi connectivity index (χ0) is 21.4. The molecule has 0 radical (unpaired) electrons. The first kappa shape index (κ1) is 20.6. The molecule has 4 aliphatic heterocycles. The number of fused-ring (bicyclic) bond motifs is 1. The Morgan fingerprint density at radius 1 is 0.968 bits per heavy atom. The number of amides is 3. The Bertz CT molecular complexity index is 874. The van der Waals surface area contributed by atoms with Crippen LogP contribution in [0.3, 0.4) is 0 Å². The summed E-state index contributed by atoms with van der Waals surface area (Å²) in [7, 11) is 0. The van der Waals surface area contributed by atoms with Gasteiger partial charge in [-0.2, -0.15) is 0 Å². The molecule has 0 saturated carbocycles. The molecule has 0 spiro atoms. The van der Waals surface area contributed by atoms with Gasteiger partial charge in [0.2, 0.25) is 11.8 Å². The number of carbonyl (C=O) groups is 3. The molecular weight excluding hydrogens is 394 g/mol. The van der Waals surface area contributed by atoms with Gasteiger partial charge in [-0.25, -0.2) is 0 Å². The van der Waals surface area contributed by atoms with Gasteiger partial charge in [0.05, 0.1) is 0 Å². The molecule has 3 fully saturated rings. The smallest absolute Gasteiger partial charge is 0.255 e. The average molecular weight is 426 g/mol. The fourth-order valence-electron chi connectivity index (χ4n) is 5.52. The highest BCUT2D eigenvalue weighted by Crippen LogP contribution is 2.30. The van der Waals surface area contributed by atoms with Crippen LogP contribution in [0.4, 0.5) is 0 Å². The standard InChI is InChI=1S/C23H31N5O3/c29-20-5-4-19(22(30)25-20)28-15-17-3-1-2-16(21(17)23(28)31)14-26-10-12-27(13-11-26)18-6-8-24-9-7-18/h1-3,18-19,24H,4-15H2,(H,25,29,30). The number of carbonyl (C=O) groups excluding carboxylic acids is 3. The quantitative estimate of drug-likeness (QED) is 0.676. The minimum atomic E-state index is -0.557. The Hall–Kier alpha value is -2.29. The number of hydrogen-bond acceptors (Lipinski definition) is 6. The van der Waals surface area contributed by atoms with Crippen molar-refractivity contribution in [1.82, 2.24) is 25.3 Å². The average Bonchev–Trinajstić information content (AvgIpc) is 3.12. The third-order valence-corrected chi connectivity index (χ3v) is 7.26. The number of hydrogen-bond donors (Lipinski definition) is 2. The Balaban J connectivity index is 1.24. The van der Waals surface area contributed by atoms with Crippen molar-refractivity contribution in [3.63, 3.8) is 0 Å². The van der Waals surface area contributed by atoms with Crippen LogP contribution in [0.5, 0.6) is 0 Å². The molecule has 0 bridgehead atoms. The van der Waals surface area contributed by atoms with Crippen LogP contribution in [0.25, 0.3) is 0 Å². The van der Waals surface area contributed by atoms with Crippen LogP contribution >= 0.6 is 0 Å². The molecule has 1 atom stereocenters. The fraction of sp³-hybridized carbons (Fsp3) is 0.609. The van der Waals surface area contributed by atoms with Gasteiger partial charge in [-0.1, -0.05) is 18.2 Å². The van der Waals surface area contributed by atoms with Gasteiger partial charge in [0.1, 0.15) is 6.04 Å². The minimum Gasteiger partial charge on any atom is -0.322 e. The molecule has 3 amide bonds. The molecule has 0 aromatic heterocycles. The van der Waals surface area contributed by atoms with Gasteiger partial charge in [0.25, 0.3) is 5.91 Å². The van der Waals surface area contributed by atoms with Crippen LogP contribution in [0.15, 0.2) is 18.2 Å². The summed E-state index contributed by atoms with van der Waals surface area (Å²) in [6.07, 6.45) is 3.15. The summed E-state index contributed by atoms with van der Waals surface area (Å²) in [5, 5.41) is 5.82. The zero-order valence-electron chi connectivity index (χ0n) is 17.9. The molecule has 166 valence electrons. The molecule has 8 heteroatoms. The van der Waals surface area contributed by atoms with E-state index in [2.05, 4.69) is 20.4 Å². The van der Waals surface area contributed by atoms with E-state index in [9.17, 15) is 14.4 Å². The van der Waals surface area contributed by atoms with Gasteiger partial charge in [-0.05, 0) is 43.5 Å². The van der Waals surface area contributed by atoms with E-state index in [1.807, 2.05) is 18.2 Å². The van der Waals surface area contributed by atoms with Crippen LogP contribution in [0, 0.1) is 0 Å². The van der Waals surface area contributed by atoms with Crippen molar-refractivity contribution < 1.29 is 14.4 Å². The van der Waals surface area contributed by atoms with Crippen LogP contribution < -0.4 is 10.6 Å². The van der Waals surface area contributed by atoms with Crippen molar-refractivity contribution in [3.8, 4) is 0 Å². The molecule has 1 aromatic carbocycles. The van der Waals surface area contributed by atoms with Gasteiger partial charge < -0.3 is 10.2 Å². The molecular formula is C23H31N5O3. The van der Waals surface area contributed by atoms with E-state index in [0.29, 0.717) is 19.0 Å². The van der Waals surface area contributed by atoms with E-state index >= 15 is 0 Å². The third kappa shape index (κ3) is 4.12. The second-order valence-electron chi connectivity index (χ2n) is 9.14. The highest BCUT2D eigenvalue weighted by Gasteiger charge is 2.40. The van der Waals surface area contributed by atoms with Gasteiger partial charge >= 0.3 is 0 Å². The van der Waals surface area contributed by atoms with Gasteiger partial charge in [-0.3, -0.25) is 29.5 Å². The molecule has 5 rings (SSSR count). The zero-order valence-corrected chi connectivity index (χ0v) is 17.9. The first-order valence-corrected chi connectivity index (χ1v) is 11.5. The lowest BCUT2D eigenvalue weighted by atomic mass is 10.0. The second-order valence-corrected chi connectivity index (χ2v) is 9.14. The van der Waals surface area contributed by atoms with Crippen molar-refractivity contribution in [1.29, 1.82) is 0 Å². The number of rotatable bonds is 4. The maximum atomic E-state index is 13.3. The third-order valence-electron chi connectivity index (χ3n) is 7.26. The monoisotopic (exact) mass is 425 g/mol. The lowest BCUT2D eigenvalue weighted by molar-refractivity contribution is -0.136. The van der Waals surface area contributed by atoms with Gasteiger partial charge in [0.15, 0.2) is 0 Å². The van der Waals surface area contributed by atoms with Gasteiger partial charge in [-0.15, -0.1) is 0 Å². The van der Waals surface area contributed by atoms with E-state index in [4.69, 9.17) is 0 Å². The van der Waals surface area contributed by atoms with Gasteiger partial charge in [0, 0.05) is 57.3 Å². The fourth-order valence-corrected chi connectivity index (χ4v) is 5.52. The van der Waals surface area contributed by atoms with Crippen molar-refractivity contribution in [2.45, 2.75) is 50.9 Å². The highest BCUT2D eigenvalue weighted by molar-refractivity contribution is 6.05. The SMILES string of the molecule is O=C1CCC(N2Cc3cccc(CN4CCN(C5CCNCC5)CC4)c3C2=O)C(=O)N1. The first-order chi connectivity index (χ1) is 15.1. The predicted molar refractivity (Wildman–Crippen MR) is 115 cm³/mol. The summed E-state index contributed by atoms with van der Waals surface area (Å²) in [6.45, 7) is 7.62. The Morgan fingerprint density at radius 2 is 1.74 bits per heavy atom. The van der Waals surface area contributed by atoms with Crippen molar-refractivity contribution in [3.05, 3.63) is 34.9 Å². The lowest BCUT2D eigenvalue weighted by Gasteiger charge is -2.41. The molecule has 1 unspecified atom stereocenters. The molecule has 4 aliphatic rings. The predicted octanol–water partition coefficient (Wildman–Crippen LogP) is 0.317. The molecule has 3 saturated heterocycles. The molecule has 0 aliphatic carbocycles. The number of piperidine rings is 2. The minimum absolute atomic E-state index is 0.0755. The van der Waals surface area contributed by atoms with Crippen LogP contribution in [0.2, 0.25) is 0 Å². The summed E-state index contributed by atoms with van der Waals surface area (Å²) in [5.41, 5.74) is 2.79. The van der Waals surface area contributed by atoms with Crippen molar-refractivity contribution >= 4 is 17.7 Å². The topological polar surface area (TPSA) is 85.0 Å². The second kappa shape index (κ2) is 8.68. The Labute approximate surface area is 182 Å². The lowest BCUT2D eigenvalue weighted by Crippen LogP contribution is -2.52. The van der Waals surface area contributed by atoms with E-state index in [0.717, 1.165) is 62.5 Å². The number of imide groups is 1. The molecule has 31 heavy (non-hydrogen) atoms. The highest BCUT2D eigenvalue weighted by atomic mass is 16.2. The van der Waals surface area contributed by atoms with Crippen LogP contribution in [-0.4, -0.2) is 83.8 Å². The number of benzene rings is 1. The molecule has 1 aromatic rings. The molecule has 8 nitrogen and oxygen atoms in total. The van der Waals surface area contributed by atoms with E-state index in [1.165, 1.54) is 12.8 Å². The summed E-state index contributed by atoms with van der Waals surface area (Å²) in [4.78, 5) is 43.8. The largest absolute Gasteiger partial charge is 0.322 e. The first-order valence-electron chi connectivity index (χ1n) is 11.5. The number of nitrogens with one attached hydrogen (secondary N) is 2. The number of nitrogens with zero attached hydrogens (tertiary/aromatic N) is 3. The summed E-state index contributed by atoms with van der Waals surface area (Å²) >= 11 is 0. The van der Waals surface area contributed by atoms with Crippen molar-refractivity contribution in [2.75, 3.05) is 39.3 Å².